The maximum Gasteiger partial charge on any atom is 0.140 e. The molecule has 0 saturated heterocycles. The third-order valence-corrected chi connectivity index (χ3v) is 4.36. The Kier molecular flexibility index (Phi) is 3.24. The highest BCUT2D eigenvalue weighted by molar-refractivity contribution is 5.91. The summed E-state index contributed by atoms with van der Waals surface area (Å²) < 4.78 is 7.29. The lowest BCUT2D eigenvalue weighted by Crippen LogP contribution is -1.97. The molecule has 1 aliphatic rings. The van der Waals surface area contributed by atoms with Crippen molar-refractivity contribution in [2.75, 3.05) is 19.5 Å². The first-order chi connectivity index (χ1) is 11.7. The second kappa shape index (κ2) is 5.43. The van der Waals surface area contributed by atoms with Crippen LogP contribution in [0.2, 0.25) is 0 Å². The van der Waals surface area contributed by atoms with Gasteiger partial charge in [0.2, 0.25) is 0 Å². The summed E-state index contributed by atoms with van der Waals surface area (Å²) in [6.45, 7) is 0. The molecule has 0 bridgehead atoms. The van der Waals surface area contributed by atoms with Gasteiger partial charge < -0.3 is 10.1 Å². The van der Waals surface area contributed by atoms with Gasteiger partial charge in [-0.25, -0.2) is 4.98 Å². The zero-order valence-corrected chi connectivity index (χ0v) is 13.5. The van der Waals surface area contributed by atoms with Gasteiger partial charge in [0.1, 0.15) is 22.9 Å². The van der Waals surface area contributed by atoms with Gasteiger partial charge in [-0.2, -0.15) is 5.26 Å². The zero-order valence-electron chi connectivity index (χ0n) is 13.5. The molecule has 1 N–H and O–H groups in total. The molecule has 0 radical (unpaired) electrons. The number of anilines is 1. The standard InChI is InChI=1S/C19H16N4O/c1-21-19-18(22-17-7-12(11-20)5-6-23(17)19)15-8-13-3-4-16(24-2)10-14(13)9-15/h3-8,10,21H,9H2,1-2H3. The molecule has 0 spiro atoms. The lowest BCUT2D eigenvalue weighted by Gasteiger charge is -2.05. The molecule has 0 atom stereocenters. The quantitative estimate of drug-likeness (QED) is 0.805. The SMILES string of the molecule is CNc1c(C2=Cc3ccc(OC)cc3C2)nc2cc(C#N)ccn12. The minimum Gasteiger partial charge on any atom is -0.497 e. The van der Waals surface area contributed by atoms with Gasteiger partial charge in [-0.1, -0.05) is 6.07 Å². The van der Waals surface area contributed by atoms with Gasteiger partial charge in [-0.15, -0.1) is 0 Å². The molecule has 24 heavy (non-hydrogen) atoms. The summed E-state index contributed by atoms with van der Waals surface area (Å²) in [6.07, 6.45) is 4.86. The summed E-state index contributed by atoms with van der Waals surface area (Å²) in [5, 5.41) is 12.3. The zero-order chi connectivity index (χ0) is 16.7. The van der Waals surface area contributed by atoms with E-state index < -0.39 is 0 Å². The highest BCUT2D eigenvalue weighted by Gasteiger charge is 2.21. The van der Waals surface area contributed by atoms with Crippen LogP contribution in [0.15, 0.2) is 36.5 Å². The first-order valence-electron chi connectivity index (χ1n) is 7.71. The van der Waals surface area contributed by atoms with Crippen LogP contribution in [0.1, 0.15) is 22.4 Å². The molecule has 118 valence electrons. The van der Waals surface area contributed by atoms with Gasteiger partial charge in [0.15, 0.2) is 0 Å². The molecule has 2 aromatic heterocycles. The fraction of sp³-hybridized carbons (Fsp3) is 0.158. The Labute approximate surface area is 139 Å². The number of methoxy groups -OCH3 is 1. The number of nitriles is 1. The van der Waals surface area contributed by atoms with E-state index in [1.807, 2.05) is 23.7 Å². The van der Waals surface area contributed by atoms with Crippen molar-refractivity contribution >= 4 is 23.1 Å². The van der Waals surface area contributed by atoms with E-state index in [9.17, 15) is 0 Å². The maximum absolute atomic E-state index is 9.08. The molecule has 1 aromatic carbocycles. The number of ether oxygens (including phenoxy) is 1. The molecular weight excluding hydrogens is 300 g/mol. The summed E-state index contributed by atoms with van der Waals surface area (Å²) in [4.78, 5) is 4.75. The van der Waals surface area contributed by atoms with Crippen LogP contribution >= 0.6 is 0 Å². The molecule has 0 saturated carbocycles. The van der Waals surface area contributed by atoms with Crippen LogP contribution in [0, 0.1) is 11.3 Å². The fourth-order valence-electron chi connectivity index (χ4n) is 3.18. The number of nitrogens with zero attached hydrogens (tertiary/aromatic N) is 3. The number of rotatable bonds is 3. The van der Waals surface area contributed by atoms with Gasteiger partial charge in [0.25, 0.3) is 0 Å². The number of nitrogens with one attached hydrogen (secondary N) is 1. The number of benzene rings is 1. The predicted octanol–water partition coefficient (Wildman–Crippen LogP) is 3.35. The van der Waals surface area contributed by atoms with Crippen molar-refractivity contribution in [3.8, 4) is 11.8 Å². The molecule has 0 aliphatic heterocycles. The molecule has 2 heterocycles. The second-order valence-corrected chi connectivity index (χ2v) is 5.73. The molecule has 3 aromatic rings. The summed E-state index contributed by atoms with van der Waals surface area (Å²) >= 11 is 0. The van der Waals surface area contributed by atoms with Crippen LogP contribution in [0.4, 0.5) is 5.82 Å². The van der Waals surface area contributed by atoms with E-state index >= 15 is 0 Å². The topological polar surface area (TPSA) is 62.3 Å². The predicted molar refractivity (Wildman–Crippen MR) is 94.0 cm³/mol. The van der Waals surface area contributed by atoms with E-state index in [2.05, 4.69) is 29.6 Å². The van der Waals surface area contributed by atoms with Crippen molar-refractivity contribution in [3.05, 3.63) is 58.9 Å². The van der Waals surface area contributed by atoms with E-state index in [-0.39, 0.29) is 0 Å². The van der Waals surface area contributed by atoms with Crippen LogP contribution in [0.25, 0.3) is 17.3 Å². The van der Waals surface area contributed by atoms with Crippen LogP contribution in [0.3, 0.4) is 0 Å². The van der Waals surface area contributed by atoms with E-state index in [4.69, 9.17) is 15.0 Å². The number of hydrogen-bond acceptors (Lipinski definition) is 4. The van der Waals surface area contributed by atoms with Crippen molar-refractivity contribution in [3.63, 3.8) is 0 Å². The van der Waals surface area contributed by atoms with Crippen LogP contribution in [0.5, 0.6) is 5.75 Å². The van der Waals surface area contributed by atoms with Crippen molar-refractivity contribution < 1.29 is 4.74 Å². The Bertz CT molecular complexity index is 1020. The highest BCUT2D eigenvalue weighted by Crippen LogP contribution is 2.36. The number of pyridine rings is 1. The van der Waals surface area contributed by atoms with Gasteiger partial charge in [-0.05, 0) is 47.0 Å². The van der Waals surface area contributed by atoms with Crippen LogP contribution < -0.4 is 10.1 Å². The smallest absolute Gasteiger partial charge is 0.140 e. The molecule has 0 amide bonds. The normalized spacial score (nSPS) is 12.6. The summed E-state index contributed by atoms with van der Waals surface area (Å²) in [5.74, 6) is 1.80. The van der Waals surface area contributed by atoms with Crippen LogP contribution in [-0.2, 0) is 6.42 Å². The van der Waals surface area contributed by atoms with Crippen molar-refractivity contribution in [2.24, 2.45) is 0 Å². The molecule has 4 rings (SSSR count). The number of fused-ring (bicyclic) bond motifs is 2. The Morgan fingerprint density at radius 2 is 2.17 bits per heavy atom. The molecule has 0 unspecified atom stereocenters. The first-order valence-corrected chi connectivity index (χ1v) is 7.71. The van der Waals surface area contributed by atoms with E-state index in [0.717, 1.165) is 34.9 Å². The largest absolute Gasteiger partial charge is 0.497 e. The van der Waals surface area contributed by atoms with Crippen molar-refractivity contribution in [1.29, 1.82) is 5.26 Å². The van der Waals surface area contributed by atoms with Gasteiger partial charge in [0, 0.05) is 19.7 Å². The summed E-state index contributed by atoms with van der Waals surface area (Å²) in [5.41, 5.74) is 5.88. The van der Waals surface area contributed by atoms with Gasteiger partial charge in [0.05, 0.1) is 18.7 Å². The highest BCUT2D eigenvalue weighted by atomic mass is 16.5. The number of allylic oxidation sites excluding steroid dienone is 1. The van der Waals surface area contributed by atoms with E-state index in [1.54, 1.807) is 19.2 Å². The lowest BCUT2D eigenvalue weighted by molar-refractivity contribution is 0.414. The summed E-state index contributed by atoms with van der Waals surface area (Å²) in [7, 11) is 3.57. The number of hydrogen-bond donors (Lipinski definition) is 1. The molecule has 1 aliphatic carbocycles. The first kappa shape index (κ1) is 14.3. The maximum atomic E-state index is 9.08. The Hall–Kier alpha value is -3.26. The Morgan fingerprint density at radius 1 is 1.29 bits per heavy atom. The number of imidazole rings is 1. The van der Waals surface area contributed by atoms with Gasteiger partial charge in [-0.3, -0.25) is 4.40 Å². The third-order valence-electron chi connectivity index (χ3n) is 4.36. The summed E-state index contributed by atoms with van der Waals surface area (Å²) in [6, 6.07) is 11.9. The monoisotopic (exact) mass is 316 g/mol. The average molecular weight is 316 g/mol. The van der Waals surface area contributed by atoms with Crippen molar-refractivity contribution in [2.45, 2.75) is 6.42 Å². The molecule has 0 fully saturated rings. The lowest BCUT2D eigenvalue weighted by atomic mass is 10.1. The fourth-order valence-corrected chi connectivity index (χ4v) is 3.18. The molecular formula is C19H16N4O. The molecule has 5 heteroatoms. The van der Waals surface area contributed by atoms with Crippen LogP contribution in [-0.4, -0.2) is 23.5 Å². The van der Waals surface area contributed by atoms with Gasteiger partial charge >= 0.3 is 0 Å². The minimum absolute atomic E-state index is 0.607. The third kappa shape index (κ3) is 2.12. The van der Waals surface area contributed by atoms with Crippen molar-refractivity contribution in [1.82, 2.24) is 9.38 Å². The average Bonchev–Trinajstić information content (AvgIpc) is 3.20. The molecule has 5 nitrogen and oxygen atoms in total. The second-order valence-electron chi connectivity index (χ2n) is 5.73. The van der Waals surface area contributed by atoms with E-state index in [1.165, 1.54) is 11.1 Å². The van der Waals surface area contributed by atoms with E-state index in [0.29, 0.717) is 5.56 Å². The Morgan fingerprint density at radius 3 is 2.92 bits per heavy atom. The Balaban J connectivity index is 1.81. The minimum atomic E-state index is 0.607. The number of aromatic nitrogens is 2.